The smallest absolute Gasteiger partial charge is 0.229 e. The molecule has 1 N–H and O–H groups in total. The summed E-state index contributed by atoms with van der Waals surface area (Å²) in [5, 5.41) is 0. The van der Waals surface area contributed by atoms with Gasteiger partial charge in [-0.25, -0.2) is 8.42 Å². The maximum absolute atomic E-state index is 11.6. The van der Waals surface area contributed by atoms with Gasteiger partial charge in [0.05, 0.1) is 13.4 Å². The summed E-state index contributed by atoms with van der Waals surface area (Å²) >= 11 is 0. The molecule has 1 fully saturated rings. The Morgan fingerprint density at radius 1 is 1.21 bits per heavy atom. The summed E-state index contributed by atoms with van der Waals surface area (Å²) in [5.41, 5.74) is 3.16. The largest absolute Gasteiger partial charge is 0.497 e. The number of piperidine rings is 1. The Bertz CT molecular complexity index is 945. The van der Waals surface area contributed by atoms with Crippen molar-refractivity contribution in [1.82, 2.24) is 4.90 Å². The Morgan fingerprint density at radius 2 is 1.97 bits per heavy atom. The van der Waals surface area contributed by atoms with Gasteiger partial charge < -0.3 is 9.64 Å². The summed E-state index contributed by atoms with van der Waals surface area (Å²) < 4.78 is 31.1. The topological polar surface area (TPSA) is 58.6 Å². The number of hydrogen-bond donors (Lipinski definition) is 1. The van der Waals surface area contributed by atoms with E-state index in [1.54, 1.807) is 7.11 Å². The Labute approximate surface area is 175 Å². The van der Waals surface area contributed by atoms with E-state index < -0.39 is 10.0 Å². The standard InChI is InChI=1S/C23H32N2O3S/c1-18-17-25(13-11-19-7-5-10-22(15-19)28-3)14-12-23(18,2)20-8-6-9-21(16-20)24-29(4,26)27/h5-10,15-16,18,24H,11-14,17H2,1-4H3/t18-,23-/m0/s1. The first-order valence-electron chi connectivity index (χ1n) is 10.1. The van der Waals surface area contributed by atoms with Crippen LogP contribution in [0.4, 0.5) is 5.69 Å². The van der Waals surface area contributed by atoms with Crippen molar-refractivity contribution in [3.8, 4) is 5.75 Å². The van der Waals surface area contributed by atoms with E-state index in [1.165, 1.54) is 17.4 Å². The van der Waals surface area contributed by atoms with E-state index in [9.17, 15) is 8.42 Å². The molecular weight excluding hydrogens is 384 g/mol. The highest BCUT2D eigenvalue weighted by atomic mass is 32.2. The van der Waals surface area contributed by atoms with Gasteiger partial charge in [0.25, 0.3) is 0 Å². The van der Waals surface area contributed by atoms with Crippen molar-refractivity contribution < 1.29 is 13.2 Å². The first kappa shape index (κ1) is 21.7. The lowest BCUT2D eigenvalue weighted by atomic mass is 9.68. The van der Waals surface area contributed by atoms with E-state index >= 15 is 0 Å². The first-order valence-corrected chi connectivity index (χ1v) is 12.0. The number of likely N-dealkylation sites (tertiary alicyclic amines) is 1. The molecule has 0 spiro atoms. The van der Waals surface area contributed by atoms with E-state index in [-0.39, 0.29) is 5.41 Å². The molecular formula is C23H32N2O3S. The number of methoxy groups -OCH3 is 1. The minimum atomic E-state index is -3.27. The van der Waals surface area contributed by atoms with Gasteiger partial charge in [-0.05, 0) is 66.1 Å². The average molecular weight is 417 g/mol. The summed E-state index contributed by atoms with van der Waals surface area (Å²) in [7, 11) is -1.57. The van der Waals surface area contributed by atoms with Crippen LogP contribution in [0.1, 0.15) is 31.4 Å². The van der Waals surface area contributed by atoms with E-state index in [1.807, 2.05) is 30.3 Å². The molecule has 2 aromatic carbocycles. The molecule has 0 amide bonds. The molecule has 5 nitrogen and oxygen atoms in total. The van der Waals surface area contributed by atoms with Crippen LogP contribution in [0.5, 0.6) is 5.75 Å². The molecule has 0 saturated carbocycles. The van der Waals surface area contributed by atoms with E-state index in [0.717, 1.165) is 38.2 Å². The van der Waals surface area contributed by atoms with Crippen LogP contribution in [-0.2, 0) is 21.9 Å². The lowest BCUT2D eigenvalue weighted by Crippen LogP contribution is -2.47. The number of benzene rings is 2. The third-order valence-electron chi connectivity index (χ3n) is 6.24. The molecule has 29 heavy (non-hydrogen) atoms. The Morgan fingerprint density at radius 3 is 2.66 bits per heavy atom. The zero-order valence-corrected chi connectivity index (χ0v) is 18.6. The number of hydrogen-bond acceptors (Lipinski definition) is 4. The molecule has 0 radical (unpaired) electrons. The SMILES string of the molecule is COc1cccc(CCN2CC[C@](C)(c3cccc(NS(C)(=O)=O)c3)[C@@H](C)C2)c1. The van der Waals surface area contributed by atoms with Crippen LogP contribution in [0, 0.1) is 5.92 Å². The highest BCUT2D eigenvalue weighted by molar-refractivity contribution is 7.92. The van der Waals surface area contributed by atoms with Crippen LogP contribution < -0.4 is 9.46 Å². The number of ether oxygens (including phenoxy) is 1. The third-order valence-corrected chi connectivity index (χ3v) is 6.85. The molecule has 1 aliphatic heterocycles. The normalized spacial score (nSPS) is 23.0. The van der Waals surface area contributed by atoms with Crippen molar-refractivity contribution >= 4 is 15.7 Å². The van der Waals surface area contributed by atoms with Gasteiger partial charge in [-0.15, -0.1) is 0 Å². The molecule has 0 aliphatic carbocycles. The van der Waals surface area contributed by atoms with Crippen molar-refractivity contribution in [2.24, 2.45) is 5.92 Å². The fourth-order valence-electron chi connectivity index (χ4n) is 4.22. The molecule has 1 saturated heterocycles. The highest BCUT2D eigenvalue weighted by Crippen LogP contribution is 2.40. The van der Waals surface area contributed by atoms with Crippen molar-refractivity contribution in [3.63, 3.8) is 0 Å². The van der Waals surface area contributed by atoms with Gasteiger partial charge in [-0.1, -0.05) is 38.1 Å². The van der Waals surface area contributed by atoms with Crippen LogP contribution in [0.15, 0.2) is 48.5 Å². The van der Waals surface area contributed by atoms with E-state index in [0.29, 0.717) is 11.6 Å². The van der Waals surface area contributed by atoms with Crippen molar-refractivity contribution in [2.45, 2.75) is 32.1 Å². The summed E-state index contributed by atoms with van der Waals surface area (Å²) in [6.45, 7) is 7.70. The fourth-order valence-corrected chi connectivity index (χ4v) is 4.77. The summed E-state index contributed by atoms with van der Waals surface area (Å²) in [4.78, 5) is 2.53. The third kappa shape index (κ3) is 5.52. The summed E-state index contributed by atoms with van der Waals surface area (Å²) in [6.07, 6.45) is 3.24. The number of anilines is 1. The van der Waals surface area contributed by atoms with Crippen LogP contribution >= 0.6 is 0 Å². The molecule has 0 aromatic heterocycles. The van der Waals surface area contributed by atoms with Crippen molar-refractivity contribution in [3.05, 3.63) is 59.7 Å². The van der Waals surface area contributed by atoms with Crippen LogP contribution in [0.3, 0.4) is 0 Å². The predicted molar refractivity (Wildman–Crippen MR) is 119 cm³/mol. The summed E-state index contributed by atoms with van der Waals surface area (Å²) in [6, 6.07) is 16.1. The Balaban J connectivity index is 1.65. The molecule has 0 unspecified atom stereocenters. The van der Waals surface area contributed by atoms with Gasteiger partial charge in [0.15, 0.2) is 0 Å². The average Bonchev–Trinajstić information content (AvgIpc) is 2.68. The van der Waals surface area contributed by atoms with Crippen LogP contribution in [0.2, 0.25) is 0 Å². The van der Waals surface area contributed by atoms with Crippen LogP contribution in [0.25, 0.3) is 0 Å². The molecule has 158 valence electrons. The van der Waals surface area contributed by atoms with Gasteiger partial charge in [-0.2, -0.15) is 0 Å². The van der Waals surface area contributed by atoms with Gasteiger partial charge in [0.2, 0.25) is 10.0 Å². The number of nitrogens with one attached hydrogen (secondary N) is 1. The lowest BCUT2D eigenvalue weighted by Gasteiger charge is -2.45. The maximum Gasteiger partial charge on any atom is 0.229 e. The van der Waals surface area contributed by atoms with Gasteiger partial charge in [0.1, 0.15) is 5.75 Å². The lowest BCUT2D eigenvalue weighted by molar-refractivity contribution is 0.112. The monoisotopic (exact) mass is 416 g/mol. The molecule has 1 heterocycles. The molecule has 0 bridgehead atoms. The van der Waals surface area contributed by atoms with E-state index in [4.69, 9.17) is 4.74 Å². The maximum atomic E-state index is 11.6. The van der Waals surface area contributed by atoms with Crippen LogP contribution in [-0.4, -0.2) is 46.3 Å². The number of rotatable bonds is 7. The molecule has 2 aromatic rings. The predicted octanol–water partition coefficient (Wildman–Crippen LogP) is 3.91. The zero-order chi connectivity index (χ0) is 21.1. The first-order chi connectivity index (χ1) is 13.7. The number of nitrogens with zero attached hydrogens (tertiary/aromatic N) is 1. The molecule has 3 rings (SSSR count). The number of sulfonamides is 1. The minimum Gasteiger partial charge on any atom is -0.497 e. The van der Waals surface area contributed by atoms with Gasteiger partial charge in [0, 0.05) is 18.8 Å². The van der Waals surface area contributed by atoms with Crippen molar-refractivity contribution in [2.75, 3.05) is 37.7 Å². The van der Waals surface area contributed by atoms with Crippen molar-refractivity contribution in [1.29, 1.82) is 0 Å². The quantitative estimate of drug-likeness (QED) is 0.743. The van der Waals surface area contributed by atoms with Gasteiger partial charge in [-0.3, -0.25) is 4.72 Å². The second-order valence-corrected chi connectivity index (χ2v) is 10.2. The summed E-state index contributed by atoms with van der Waals surface area (Å²) in [5.74, 6) is 1.37. The molecule has 6 heteroatoms. The van der Waals surface area contributed by atoms with E-state index in [2.05, 4.69) is 41.7 Å². The fraction of sp³-hybridized carbons (Fsp3) is 0.478. The molecule has 2 atom stereocenters. The highest BCUT2D eigenvalue weighted by Gasteiger charge is 2.37. The Kier molecular flexibility index (Phi) is 6.54. The Hall–Kier alpha value is -2.05. The molecule has 1 aliphatic rings. The second kappa shape index (κ2) is 8.76. The minimum absolute atomic E-state index is 0.0294. The zero-order valence-electron chi connectivity index (χ0n) is 17.8. The van der Waals surface area contributed by atoms with Gasteiger partial charge >= 0.3 is 0 Å². The second-order valence-electron chi connectivity index (χ2n) is 8.43.